The summed E-state index contributed by atoms with van der Waals surface area (Å²) in [5, 5.41) is 7.28. The van der Waals surface area contributed by atoms with Crippen LogP contribution in [0.5, 0.6) is 0 Å². The lowest BCUT2D eigenvalue weighted by Gasteiger charge is -2.29. The molecule has 9 aromatic rings. The van der Waals surface area contributed by atoms with Crippen LogP contribution in [0.3, 0.4) is 0 Å². The Morgan fingerprint density at radius 3 is 1.11 bits per heavy atom. The van der Waals surface area contributed by atoms with E-state index in [0.717, 1.165) is 50.8 Å². The fourth-order valence-corrected chi connectivity index (χ4v) is 7.76. The Bertz CT molecular complexity index is 2670. The van der Waals surface area contributed by atoms with Crippen molar-refractivity contribution in [1.29, 1.82) is 0 Å². The molecule has 2 heteroatoms. The van der Waals surface area contributed by atoms with E-state index in [2.05, 4.69) is 217 Å². The Morgan fingerprint density at radius 1 is 0.358 bits per heavy atom. The number of fused-ring (bicyclic) bond motifs is 3. The van der Waals surface area contributed by atoms with Gasteiger partial charge in [0.2, 0.25) is 0 Å². The van der Waals surface area contributed by atoms with Crippen LogP contribution < -0.4 is 9.80 Å². The first kappa shape index (κ1) is 32.0. The Morgan fingerprint density at radius 2 is 0.698 bits per heavy atom. The number of anilines is 6. The van der Waals surface area contributed by atoms with Crippen LogP contribution in [0, 0.1) is 6.92 Å². The van der Waals surface area contributed by atoms with E-state index in [1.807, 2.05) is 6.08 Å². The average Bonchev–Trinajstić information content (AvgIpc) is 3.22. The summed E-state index contributed by atoms with van der Waals surface area (Å²) in [4.78, 5) is 4.77. The quantitative estimate of drug-likeness (QED) is 0.158. The maximum Gasteiger partial charge on any atom is 0.0540 e. The molecule has 0 N–H and O–H groups in total. The second kappa shape index (κ2) is 13.7. The summed E-state index contributed by atoms with van der Waals surface area (Å²) in [6, 6.07) is 69.9. The molecule has 0 spiro atoms. The molecule has 0 saturated carbocycles. The largest absolute Gasteiger partial charge is 0.309 e. The molecule has 0 aliphatic rings. The summed E-state index contributed by atoms with van der Waals surface area (Å²) < 4.78 is 0. The third kappa shape index (κ3) is 5.81. The van der Waals surface area contributed by atoms with Gasteiger partial charge in [0.25, 0.3) is 0 Å². The molecule has 0 amide bonds. The van der Waals surface area contributed by atoms with Crippen molar-refractivity contribution in [2.75, 3.05) is 9.80 Å². The normalized spacial score (nSPS) is 11.2. The smallest absolute Gasteiger partial charge is 0.0540 e. The van der Waals surface area contributed by atoms with Gasteiger partial charge in [-0.25, -0.2) is 0 Å². The number of hydrogen-bond donors (Lipinski definition) is 0. The molecule has 0 aliphatic carbocycles. The van der Waals surface area contributed by atoms with Crippen molar-refractivity contribution in [1.82, 2.24) is 0 Å². The van der Waals surface area contributed by atoms with Crippen molar-refractivity contribution >= 4 is 72.5 Å². The predicted molar refractivity (Wildman–Crippen MR) is 229 cm³/mol. The average molecular weight is 679 g/mol. The molecule has 0 heterocycles. The number of benzene rings is 9. The number of rotatable bonds is 8. The monoisotopic (exact) mass is 678 g/mol. The first-order valence-electron chi connectivity index (χ1n) is 18.1. The lowest BCUT2D eigenvalue weighted by molar-refractivity contribution is 1.27. The minimum absolute atomic E-state index is 1.09. The van der Waals surface area contributed by atoms with E-state index >= 15 is 0 Å². The van der Waals surface area contributed by atoms with Gasteiger partial charge in [0.1, 0.15) is 0 Å². The van der Waals surface area contributed by atoms with Gasteiger partial charge in [-0.2, -0.15) is 0 Å². The van der Waals surface area contributed by atoms with Crippen molar-refractivity contribution in [3.05, 3.63) is 212 Å². The molecule has 2 nitrogen and oxygen atoms in total. The summed E-state index contributed by atoms with van der Waals surface area (Å²) in [5.41, 5.74) is 11.4. The van der Waals surface area contributed by atoms with Crippen LogP contribution in [0.4, 0.5) is 34.1 Å². The highest BCUT2D eigenvalue weighted by molar-refractivity contribution is 6.05. The summed E-state index contributed by atoms with van der Waals surface area (Å²) in [6.07, 6.45) is 1.97. The number of aryl methyl sites for hydroxylation is 1. The van der Waals surface area contributed by atoms with Crippen molar-refractivity contribution in [2.24, 2.45) is 0 Å². The minimum atomic E-state index is 1.09. The van der Waals surface area contributed by atoms with E-state index in [1.165, 1.54) is 37.9 Å². The maximum atomic E-state index is 4.20. The molecule has 9 aromatic carbocycles. The van der Waals surface area contributed by atoms with Crippen LogP contribution in [0.1, 0.15) is 11.1 Å². The minimum Gasteiger partial charge on any atom is -0.309 e. The summed E-state index contributed by atoms with van der Waals surface area (Å²) in [5.74, 6) is 0. The highest BCUT2D eigenvalue weighted by atomic mass is 15.2. The Labute approximate surface area is 311 Å². The van der Waals surface area contributed by atoms with Crippen LogP contribution in [0.25, 0.3) is 49.5 Å². The third-order valence-corrected chi connectivity index (χ3v) is 10.4. The zero-order valence-electron chi connectivity index (χ0n) is 29.7. The van der Waals surface area contributed by atoms with Crippen LogP contribution in [0.2, 0.25) is 0 Å². The van der Waals surface area contributed by atoms with Crippen LogP contribution >= 0.6 is 0 Å². The fraction of sp³-hybridized carbons (Fsp3) is 0.0196. The molecule has 0 fully saturated rings. The van der Waals surface area contributed by atoms with E-state index in [0.29, 0.717) is 0 Å². The Kier molecular flexibility index (Phi) is 8.26. The predicted octanol–water partition coefficient (Wildman–Crippen LogP) is 14.7. The second-order valence-corrected chi connectivity index (χ2v) is 13.5. The molecule has 252 valence electrons. The Hall–Kier alpha value is -6.90. The molecule has 0 aliphatic heterocycles. The standard InChI is InChI=1S/C51H38N2/c1-3-44-36(2)14-10-24-48(44)52(49-25-11-18-39-15-4-7-21-45(39)49)42-32-28-37(29-33-42)38-30-34-43(35-31-38)53(50-26-12-19-40-16-5-8-22-46(40)50)51-27-13-20-41-17-6-9-23-47(41)51/h3-35H,1H2,2H3. The lowest BCUT2D eigenvalue weighted by Crippen LogP contribution is -2.12. The molecule has 0 bridgehead atoms. The van der Waals surface area contributed by atoms with Gasteiger partial charge in [-0.15, -0.1) is 0 Å². The summed E-state index contributed by atoms with van der Waals surface area (Å²) >= 11 is 0. The summed E-state index contributed by atoms with van der Waals surface area (Å²) in [6.45, 7) is 6.34. The molecule has 9 rings (SSSR count). The first-order valence-corrected chi connectivity index (χ1v) is 18.1. The molecular formula is C51H38N2. The van der Waals surface area contributed by atoms with Gasteiger partial charge in [-0.1, -0.05) is 158 Å². The van der Waals surface area contributed by atoms with Crippen LogP contribution in [-0.2, 0) is 0 Å². The SMILES string of the molecule is C=Cc1c(C)cccc1N(c1ccc(-c2ccc(N(c3cccc4ccccc34)c3cccc4ccccc34)cc2)cc1)c1cccc2ccccc12. The fourth-order valence-electron chi connectivity index (χ4n) is 7.76. The van der Waals surface area contributed by atoms with E-state index in [-0.39, 0.29) is 0 Å². The van der Waals surface area contributed by atoms with Gasteiger partial charge < -0.3 is 9.80 Å². The van der Waals surface area contributed by atoms with Gasteiger partial charge in [0, 0.05) is 33.1 Å². The third-order valence-electron chi connectivity index (χ3n) is 10.4. The van der Waals surface area contributed by atoms with Gasteiger partial charge in [0.05, 0.1) is 22.7 Å². The lowest BCUT2D eigenvalue weighted by atomic mass is 10.0. The molecule has 0 atom stereocenters. The van der Waals surface area contributed by atoms with E-state index in [9.17, 15) is 0 Å². The van der Waals surface area contributed by atoms with Crippen LogP contribution in [0.15, 0.2) is 201 Å². The highest BCUT2D eigenvalue weighted by Gasteiger charge is 2.20. The van der Waals surface area contributed by atoms with Crippen LogP contribution in [-0.4, -0.2) is 0 Å². The van der Waals surface area contributed by atoms with Crippen molar-refractivity contribution in [3.63, 3.8) is 0 Å². The molecule has 53 heavy (non-hydrogen) atoms. The van der Waals surface area contributed by atoms with Crippen molar-refractivity contribution in [2.45, 2.75) is 6.92 Å². The zero-order chi connectivity index (χ0) is 35.7. The Balaban J connectivity index is 1.13. The van der Waals surface area contributed by atoms with Crippen molar-refractivity contribution in [3.8, 4) is 11.1 Å². The first-order chi connectivity index (χ1) is 26.2. The molecule has 0 aromatic heterocycles. The molecule has 0 saturated heterocycles. The van der Waals surface area contributed by atoms with E-state index in [1.54, 1.807) is 0 Å². The van der Waals surface area contributed by atoms with Gasteiger partial charge in [0.15, 0.2) is 0 Å². The second-order valence-electron chi connectivity index (χ2n) is 13.5. The molecular weight excluding hydrogens is 641 g/mol. The maximum absolute atomic E-state index is 4.20. The highest BCUT2D eigenvalue weighted by Crippen LogP contribution is 2.44. The number of nitrogens with zero attached hydrogens (tertiary/aromatic N) is 2. The van der Waals surface area contributed by atoms with E-state index < -0.39 is 0 Å². The van der Waals surface area contributed by atoms with E-state index in [4.69, 9.17) is 0 Å². The zero-order valence-corrected chi connectivity index (χ0v) is 29.7. The number of hydrogen-bond acceptors (Lipinski definition) is 2. The van der Waals surface area contributed by atoms with Crippen molar-refractivity contribution < 1.29 is 0 Å². The summed E-state index contributed by atoms with van der Waals surface area (Å²) in [7, 11) is 0. The van der Waals surface area contributed by atoms with Gasteiger partial charge >= 0.3 is 0 Å². The molecule has 0 unspecified atom stereocenters. The topological polar surface area (TPSA) is 6.48 Å². The van der Waals surface area contributed by atoms with Gasteiger partial charge in [-0.3, -0.25) is 0 Å². The molecule has 0 radical (unpaired) electrons. The van der Waals surface area contributed by atoms with Gasteiger partial charge in [-0.05, 0) is 88.3 Å².